The Morgan fingerprint density at radius 3 is 2.75 bits per heavy atom. The lowest BCUT2D eigenvalue weighted by Crippen LogP contribution is -2.52. The van der Waals surface area contributed by atoms with Gasteiger partial charge < -0.3 is 34.0 Å². The summed E-state index contributed by atoms with van der Waals surface area (Å²) in [6.07, 6.45) is 1.24. The van der Waals surface area contributed by atoms with Gasteiger partial charge in [0.15, 0.2) is 16.6 Å². The summed E-state index contributed by atoms with van der Waals surface area (Å²) in [7, 11) is 2.73. The highest BCUT2D eigenvalue weighted by Crippen LogP contribution is 2.40. The van der Waals surface area contributed by atoms with Crippen LogP contribution in [0.4, 0.5) is 14.3 Å². The average molecular weight is 561 g/mol. The highest BCUT2D eigenvalue weighted by molar-refractivity contribution is 7.18. The monoisotopic (exact) mass is 560 g/mol. The van der Waals surface area contributed by atoms with E-state index in [9.17, 15) is 9.59 Å². The Labute approximate surface area is 219 Å². The van der Waals surface area contributed by atoms with Crippen molar-refractivity contribution >= 4 is 51.7 Å². The maximum atomic E-state index is 15.2. The van der Waals surface area contributed by atoms with Crippen LogP contribution in [0.1, 0.15) is 22.6 Å². The van der Waals surface area contributed by atoms with E-state index in [0.717, 1.165) is 11.3 Å². The minimum Gasteiger partial charge on any atom is -0.437 e. The van der Waals surface area contributed by atoms with Crippen molar-refractivity contribution in [1.82, 2.24) is 24.8 Å². The molecular weight excluding hydrogens is 538 g/mol. The van der Waals surface area contributed by atoms with Gasteiger partial charge in [-0.15, -0.1) is 0 Å². The molecule has 1 fully saturated rings. The van der Waals surface area contributed by atoms with E-state index in [0.29, 0.717) is 35.3 Å². The van der Waals surface area contributed by atoms with Crippen molar-refractivity contribution in [2.75, 3.05) is 32.2 Å². The molecule has 1 amide bonds. The average Bonchev–Trinajstić information content (AvgIpc) is 3.55. The number of halogens is 3. The quantitative estimate of drug-likeness (QED) is 0.415. The molecule has 3 aromatic heterocycles. The summed E-state index contributed by atoms with van der Waals surface area (Å²) < 4.78 is 31.9. The number of carbonyl (C=O) groups is 2. The molecule has 1 aliphatic heterocycles. The van der Waals surface area contributed by atoms with E-state index in [1.54, 1.807) is 28.8 Å². The molecule has 4 rings (SSSR count). The van der Waals surface area contributed by atoms with Crippen LogP contribution in [0.25, 0.3) is 11.5 Å². The third-order valence-electron chi connectivity index (χ3n) is 5.53. The number of rotatable bonds is 7. The van der Waals surface area contributed by atoms with Gasteiger partial charge in [-0.3, -0.25) is 4.79 Å². The van der Waals surface area contributed by atoms with Crippen molar-refractivity contribution in [2.24, 2.45) is 0 Å². The molecule has 0 saturated carbocycles. The van der Waals surface area contributed by atoms with Gasteiger partial charge in [0.1, 0.15) is 18.6 Å². The first-order valence-electron chi connectivity index (χ1n) is 10.7. The number of amides is 1. The zero-order valence-corrected chi connectivity index (χ0v) is 21.8. The number of anilines is 1. The Kier molecular flexibility index (Phi) is 8.03. The first-order chi connectivity index (χ1) is 17.2. The fourth-order valence-corrected chi connectivity index (χ4v) is 5.10. The molecule has 0 aliphatic carbocycles. The Morgan fingerprint density at radius 2 is 2.11 bits per heavy atom. The van der Waals surface area contributed by atoms with Gasteiger partial charge in [0.2, 0.25) is 5.06 Å². The number of piperidine rings is 1. The summed E-state index contributed by atoms with van der Waals surface area (Å²) in [5, 5.41) is 3.62. The van der Waals surface area contributed by atoms with Gasteiger partial charge in [0.05, 0.1) is 29.7 Å². The smallest absolute Gasteiger partial charge is 0.437 e. The number of imidazole rings is 1. The van der Waals surface area contributed by atoms with E-state index in [2.05, 4.69) is 25.0 Å². The molecule has 4 heterocycles. The first kappa shape index (κ1) is 26.2. The second kappa shape index (κ2) is 11.0. The molecule has 0 bridgehead atoms. The van der Waals surface area contributed by atoms with Crippen molar-refractivity contribution in [1.29, 1.82) is 0 Å². The SMILES string of the molecule is COCn1ccnc1-c1nc(N2CC[C@@H](NC(=O)c3[nH]c(C)c(Cl)c3Cl)[C@@H](F)C2)sc1OC(=O)OC. The van der Waals surface area contributed by atoms with Crippen LogP contribution in [-0.2, 0) is 16.2 Å². The number of hydrogen-bond donors (Lipinski definition) is 2. The van der Waals surface area contributed by atoms with E-state index >= 15 is 4.39 Å². The van der Waals surface area contributed by atoms with E-state index in [-0.39, 0.29) is 34.1 Å². The first-order valence-corrected chi connectivity index (χ1v) is 12.3. The lowest BCUT2D eigenvalue weighted by molar-refractivity contribution is 0.0894. The summed E-state index contributed by atoms with van der Waals surface area (Å²) in [4.78, 5) is 37.9. The molecule has 0 unspecified atom stereocenters. The molecule has 0 aromatic carbocycles. The minimum absolute atomic E-state index is 0.0414. The molecule has 2 atom stereocenters. The lowest BCUT2D eigenvalue weighted by atomic mass is 10.0. The van der Waals surface area contributed by atoms with Gasteiger partial charge in [0.25, 0.3) is 5.91 Å². The second-order valence-electron chi connectivity index (χ2n) is 7.91. The van der Waals surface area contributed by atoms with E-state index in [1.807, 2.05) is 0 Å². The predicted octanol–water partition coefficient (Wildman–Crippen LogP) is 4.05. The number of thiazole rings is 1. The topological polar surface area (TPSA) is 124 Å². The van der Waals surface area contributed by atoms with Gasteiger partial charge in [0, 0.05) is 31.7 Å². The van der Waals surface area contributed by atoms with Crippen molar-refractivity contribution in [3.63, 3.8) is 0 Å². The van der Waals surface area contributed by atoms with Crippen LogP contribution in [0.2, 0.25) is 10.0 Å². The highest BCUT2D eigenvalue weighted by atomic mass is 35.5. The number of carbonyl (C=O) groups excluding carboxylic acids is 2. The molecule has 15 heteroatoms. The van der Waals surface area contributed by atoms with Crippen molar-refractivity contribution < 1.29 is 28.2 Å². The van der Waals surface area contributed by atoms with Gasteiger partial charge >= 0.3 is 6.16 Å². The second-order valence-corrected chi connectivity index (χ2v) is 9.61. The number of aromatic nitrogens is 4. The van der Waals surface area contributed by atoms with E-state index in [4.69, 9.17) is 32.7 Å². The molecule has 11 nitrogen and oxygen atoms in total. The van der Waals surface area contributed by atoms with Crippen LogP contribution in [0.3, 0.4) is 0 Å². The third-order valence-corrected chi connectivity index (χ3v) is 7.47. The highest BCUT2D eigenvalue weighted by Gasteiger charge is 2.34. The predicted molar refractivity (Wildman–Crippen MR) is 132 cm³/mol. The lowest BCUT2D eigenvalue weighted by Gasteiger charge is -2.34. The van der Waals surface area contributed by atoms with E-state index < -0.39 is 24.3 Å². The zero-order valence-electron chi connectivity index (χ0n) is 19.5. The number of alkyl halides is 1. The molecule has 36 heavy (non-hydrogen) atoms. The molecule has 0 radical (unpaired) electrons. The number of hydrogen-bond acceptors (Lipinski definition) is 9. The van der Waals surface area contributed by atoms with Crippen LogP contribution >= 0.6 is 34.5 Å². The molecule has 0 spiro atoms. The molecular formula is C21H23Cl2FN6O5S. The van der Waals surface area contributed by atoms with Crippen LogP contribution in [0.15, 0.2) is 12.4 Å². The summed E-state index contributed by atoms with van der Waals surface area (Å²) >= 11 is 13.2. The number of aryl methyl sites for hydroxylation is 1. The summed E-state index contributed by atoms with van der Waals surface area (Å²) in [5.41, 5.74) is 0.936. The molecule has 3 aromatic rings. The molecule has 1 saturated heterocycles. The van der Waals surface area contributed by atoms with Crippen LogP contribution < -0.4 is 15.0 Å². The molecule has 2 N–H and O–H groups in total. The van der Waals surface area contributed by atoms with Gasteiger partial charge in [-0.05, 0) is 13.3 Å². The standard InChI is InChI=1S/C21H23Cl2FN6O5S/c1-10-13(22)14(23)15(26-10)18(31)27-12-4-6-29(8-11(12)24)20-28-16(19(36-20)35-21(32)34-3)17-25-5-7-30(17)9-33-2/h5,7,11-12,26H,4,6,8-9H2,1-3H3,(H,27,31)/t11-,12+/m0/s1. The Hall–Kier alpha value is -2.87. The number of H-pyrrole nitrogens is 1. The maximum Gasteiger partial charge on any atom is 0.514 e. The van der Waals surface area contributed by atoms with Crippen LogP contribution in [-0.4, -0.2) is 71.1 Å². The van der Waals surface area contributed by atoms with Crippen molar-refractivity contribution in [2.45, 2.75) is 32.3 Å². The fourth-order valence-electron chi connectivity index (χ4n) is 3.74. The largest absolute Gasteiger partial charge is 0.514 e. The van der Waals surface area contributed by atoms with Crippen molar-refractivity contribution in [3.05, 3.63) is 33.8 Å². The normalized spacial score (nSPS) is 17.8. The fraction of sp³-hybridized carbons (Fsp3) is 0.429. The van der Waals surface area contributed by atoms with Crippen molar-refractivity contribution in [3.8, 4) is 16.6 Å². The van der Waals surface area contributed by atoms with Crippen LogP contribution in [0.5, 0.6) is 5.06 Å². The van der Waals surface area contributed by atoms with Gasteiger partial charge in [-0.2, -0.15) is 0 Å². The van der Waals surface area contributed by atoms with Gasteiger partial charge in [-0.25, -0.2) is 19.2 Å². The van der Waals surface area contributed by atoms with Gasteiger partial charge in [-0.1, -0.05) is 34.5 Å². The summed E-state index contributed by atoms with van der Waals surface area (Å²) in [6.45, 7) is 2.23. The summed E-state index contributed by atoms with van der Waals surface area (Å²) in [6, 6.07) is -0.738. The number of aromatic amines is 1. The Balaban J connectivity index is 1.51. The Bertz CT molecular complexity index is 1260. The number of ether oxygens (including phenoxy) is 3. The van der Waals surface area contributed by atoms with E-state index in [1.165, 1.54) is 14.2 Å². The maximum absolute atomic E-state index is 15.2. The number of nitrogens with one attached hydrogen (secondary N) is 2. The molecule has 194 valence electrons. The Morgan fingerprint density at radius 1 is 1.33 bits per heavy atom. The number of nitrogens with zero attached hydrogens (tertiary/aromatic N) is 4. The van der Waals surface area contributed by atoms with Crippen LogP contribution in [0, 0.1) is 6.92 Å². The zero-order chi connectivity index (χ0) is 26.0. The number of methoxy groups -OCH3 is 2. The third kappa shape index (κ3) is 5.28. The molecule has 1 aliphatic rings. The summed E-state index contributed by atoms with van der Waals surface area (Å²) in [5.74, 6) is -0.125. The minimum atomic E-state index is -1.40.